The number of benzene rings is 1. The molecule has 0 bridgehead atoms. The van der Waals surface area contributed by atoms with E-state index in [0.717, 1.165) is 6.42 Å². The summed E-state index contributed by atoms with van der Waals surface area (Å²) >= 11 is 3.13. The molecule has 96 valence electrons. The lowest BCUT2D eigenvalue weighted by atomic mass is 10.2. The van der Waals surface area contributed by atoms with E-state index in [1.807, 2.05) is 14.0 Å². The zero-order valence-corrected chi connectivity index (χ0v) is 11.7. The Bertz CT molecular complexity index is 540. The first kappa shape index (κ1) is 13.2. The molecule has 4 nitrogen and oxygen atoms in total. The van der Waals surface area contributed by atoms with E-state index in [1.165, 1.54) is 6.07 Å². The molecule has 0 spiro atoms. The Morgan fingerprint density at radius 2 is 2.28 bits per heavy atom. The third-order valence-corrected chi connectivity index (χ3v) is 3.28. The van der Waals surface area contributed by atoms with E-state index in [4.69, 9.17) is 4.52 Å². The molecule has 18 heavy (non-hydrogen) atoms. The van der Waals surface area contributed by atoms with Crippen molar-refractivity contribution in [3.05, 3.63) is 34.4 Å². The van der Waals surface area contributed by atoms with Crippen LogP contribution >= 0.6 is 15.9 Å². The number of nitrogens with one attached hydrogen (secondary N) is 1. The van der Waals surface area contributed by atoms with Crippen molar-refractivity contribution in [2.45, 2.75) is 19.4 Å². The zero-order valence-electron chi connectivity index (χ0n) is 10.1. The first-order valence-electron chi connectivity index (χ1n) is 5.62. The smallest absolute Gasteiger partial charge is 0.244 e. The molecule has 6 heteroatoms. The summed E-state index contributed by atoms with van der Waals surface area (Å²) in [6.07, 6.45) is 0.852. The second-order valence-corrected chi connectivity index (χ2v) is 4.69. The van der Waals surface area contributed by atoms with Gasteiger partial charge in [-0.1, -0.05) is 12.1 Å². The summed E-state index contributed by atoms with van der Waals surface area (Å²) < 4.78 is 18.7. The Morgan fingerprint density at radius 3 is 2.89 bits per heavy atom. The summed E-state index contributed by atoms with van der Waals surface area (Å²) in [7, 11) is 1.84. The molecule has 1 aromatic heterocycles. The second kappa shape index (κ2) is 5.58. The summed E-state index contributed by atoms with van der Waals surface area (Å²) in [5.41, 5.74) is 0.712. The van der Waals surface area contributed by atoms with E-state index >= 15 is 0 Å². The quantitative estimate of drug-likeness (QED) is 0.941. The Hall–Kier alpha value is -1.27. The second-order valence-electron chi connectivity index (χ2n) is 3.83. The molecule has 0 saturated heterocycles. The number of rotatable bonds is 4. The third-order valence-electron chi connectivity index (χ3n) is 2.67. The van der Waals surface area contributed by atoms with Gasteiger partial charge in [-0.2, -0.15) is 4.98 Å². The molecule has 2 aromatic rings. The lowest BCUT2D eigenvalue weighted by Crippen LogP contribution is -2.15. The van der Waals surface area contributed by atoms with Crippen molar-refractivity contribution >= 4 is 15.9 Å². The summed E-state index contributed by atoms with van der Waals surface area (Å²) in [6.45, 7) is 2.03. The maximum absolute atomic E-state index is 13.1. The highest BCUT2D eigenvalue weighted by molar-refractivity contribution is 9.10. The van der Waals surface area contributed by atoms with Gasteiger partial charge in [0.15, 0.2) is 0 Å². The zero-order chi connectivity index (χ0) is 13.1. The summed E-state index contributed by atoms with van der Waals surface area (Å²) in [4.78, 5) is 4.31. The molecule has 0 aliphatic carbocycles. The molecular formula is C12H13BrFN3O. The maximum Gasteiger partial charge on any atom is 0.244 e. The number of aromatic nitrogens is 2. The molecule has 1 unspecified atom stereocenters. The average Bonchev–Trinajstić information content (AvgIpc) is 2.84. The van der Waals surface area contributed by atoms with Crippen molar-refractivity contribution in [2.75, 3.05) is 7.05 Å². The molecule has 1 N–H and O–H groups in total. The van der Waals surface area contributed by atoms with Gasteiger partial charge in [0.25, 0.3) is 0 Å². The van der Waals surface area contributed by atoms with Crippen molar-refractivity contribution in [1.82, 2.24) is 15.5 Å². The fourth-order valence-corrected chi connectivity index (χ4v) is 2.01. The monoisotopic (exact) mass is 313 g/mol. The minimum atomic E-state index is -0.316. The van der Waals surface area contributed by atoms with Crippen LogP contribution in [0.2, 0.25) is 0 Å². The predicted molar refractivity (Wildman–Crippen MR) is 69.5 cm³/mol. The van der Waals surface area contributed by atoms with Crippen LogP contribution in [-0.2, 0) is 0 Å². The van der Waals surface area contributed by atoms with Gasteiger partial charge in [0, 0.05) is 5.56 Å². The molecule has 0 saturated carbocycles. The van der Waals surface area contributed by atoms with Crippen LogP contribution in [0, 0.1) is 5.82 Å². The molecule has 0 aliphatic rings. The van der Waals surface area contributed by atoms with Gasteiger partial charge in [-0.05, 0) is 47.6 Å². The Labute approximate surface area is 113 Å². The highest BCUT2D eigenvalue weighted by Gasteiger charge is 2.16. The number of halogens is 2. The van der Waals surface area contributed by atoms with Gasteiger partial charge in [-0.3, -0.25) is 0 Å². The average molecular weight is 314 g/mol. The van der Waals surface area contributed by atoms with Crippen molar-refractivity contribution in [3.63, 3.8) is 0 Å². The molecule has 0 aliphatic heterocycles. The minimum absolute atomic E-state index is 0.0372. The van der Waals surface area contributed by atoms with Crippen LogP contribution in [0.4, 0.5) is 4.39 Å². The molecule has 0 radical (unpaired) electrons. The third kappa shape index (κ3) is 2.59. The molecule has 0 fully saturated rings. The van der Waals surface area contributed by atoms with Gasteiger partial charge in [-0.25, -0.2) is 4.39 Å². The van der Waals surface area contributed by atoms with Crippen molar-refractivity contribution in [1.29, 1.82) is 0 Å². The molecule has 1 aromatic carbocycles. The first-order valence-corrected chi connectivity index (χ1v) is 6.41. The molecular weight excluding hydrogens is 301 g/mol. The van der Waals surface area contributed by atoms with Crippen LogP contribution in [-0.4, -0.2) is 17.2 Å². The van der Waals surface area contributed by atoms with Crippen LogP contribution in [0.25, 0.3) is 11.4 Å². The normalized spacial score (nSPS) is 12.7. The summed E-state index contributed by atoms with van der Waals surface area (Å²) in [5, 5.41) is 6.99. The van der Waals surface area contributed by atoms with Gasteiger partial charge in [0.1, 0.15) is 5.82 Å². The Balaban J connectivity index is 2.31. The number of hydrogen-bond donors (Lipinski definition) is 1. The SMILES string of the molecule is CCC(NC)c1nc(-c2ccc(F)c(Br)c2)no1. The van der Waals surface area contributed by atoms with E-state index in [9.17, 15) is 4.39 Å². The molecule has 2 rings (SSSR count). The van der Waals surface area contributed by atoms with Crippen molar-refractivity contribution < 1.29 is 8.91 Å². The Kier molecular flexibility index (Phi) is 4.08. The van der Waals surface area contributed by atoms with Crippen molar-refractivity contribution in [3.8, 4) is 11.4 Å². The largest absolute Gasteiger partial charge is 0.337 e. The molecule has 0 amide bonds. The fraction of sp³-hybridized carbons (Fsp3) is 0.333. The highest BCUT2D eigenvalue weighted by atomic mass is 79.9. The number of nitrogens with zero attached hydrogens (tertiary/aromatic N) is 2. The minimum Gasteiger partial charge on any atom is -0.337 e. The van der Waals surface area contributed by atoms with Gasteiger partial charge in [0.05, 0.1) is 10.5 Å². The van der Waals surface area contributed by atoms with Crippen LogP contribution in [0.3, 0.4) is 0 Å². The van der Waals surface area contributed by atoms with Crippen LogP contribution in [0.15, 0.2) is 27.2 Å². The topological polar surface area (TPSA) is 51.0 Å². The maximum atomic E-state index is 13.1. The van der Waals surface area contributed by atoms with Crippen LogP contribution in [0.1, 0.15) is 25.3 Å². The van der Waals surface area contributed by atoms with E-state index in [0.29, 0.717) is 21.8 Å². The Morgan fingerprint density at radius 1 is 1.50 bits per heavy atom. The lowest BCUT2D eigenvalue weighted by molar-refractivity contribution is 0.334. The standard InChI is InChI=1S/C12H13BrFN3O/c1-3-10(15-2)12-16-11(17-18-12)7-4-5-9(14)8(13)6-7/h4-6,10,15H,3H2,1-2H3. The van der Waals surface area contributed by atoms with Gasteiger partial charge in [0.2, 0.25) is 11.7 Å². The summed E-state index contributed by atoms with van der Waals surface area (Å²) in [5.74, 6) is 0.680. The van der Waals surface area contributed by atoms with E-state index in [-0.39, 0.29) is 11.9 Å². The number of hydrogen-bond acceptors (Lipinski definition) is 4. The lowest BCUT2D eigenvalue weighted by Gasteiger charge is -2.06. The van der Waals surface area contributed by atoms with Gasteiger partial charge >= 0.3 is 0 Å². The van der Waals surface area contributed by atoms with E-state index < -0.39 is 0 Å². The fourth-order valence-electron chi connectivity index (χ4n) is 1.63. The van der Waals surface area contributed by atoms with E-state index in [2.05, 4.69) is 31.4 Å². The highest BCUT2D eigenvalue weighted by Crippen LogP contribution is 2.24. The molecule has 1 heterocycles. The first-order chi connectivity index (χ1) is 8.65. The van der Waals surface area contributed by atoms with Gasteiger partial charge in [-0.15, -0.1) is 0 Å². The van der Waals surface area contributed by atoms with Gasteiger partial charge < -0.3 is 9.84 Å². The van der Waals surface area contributed by atoms with Crippen LogP contribution in [0.5, 0.6) is 0 Å². The predicted octanol–water partition coefficient (Wildman–Crippen LogP) is 3.31. The van der Waals surface area contributed by atoms with Crippen LogP contribution < -0.4 is 5.32 Å². The van der Waals surface area contributed by atoms with Crippen molar-refractivity contribution in [2.24, 2.45) is 0 Å². The summed E-state index contributed by atoms with van der Waals surface area (Å²) in [6, 6.07) is 4.65. The van der Waals surface area contributed by atoms with E-state index in [1.54, 1.807) is 12.1 Å². The molecule has 1 atom stereocenters.